The zero-order valence-electron chi connectivity index (χ0n) is 10.5. The number of anilines is 1. The number of halogens is 2. The molecule has 0 aromatic carbocycles. The van der Waals surface area contributed by atoms with Crippen LogP contribution >= 0.6 is 23.2 Å². The van der Waals surface area contributed by atoms with Crippen LogP contribution < -0.4 is 5.73 Å². The Labute approximate surface area is 128 Å². The van der Waals surface area contributed by atoms with Gasteiger partial charge < -0.3 is 25.6 Å². The van der Waals surface area contributed by atoms with E-state index in [2.05, 4.69) is 15.0 Å². The summed E-state index contributed by atoms with van der Waals surface area (Å²) >= 11 is 11.9. The van der Waals surface area contributed by atoms with Gasteiger partial charge >= 0.3 is 0 Å². The standard InChI is InChI=1S/C11H11Cl2N5O3/c12-4-3(1-19)7(20)8(21)6(4)18-2-15-5-9(14)16-11(13)17-10(5)18/h2,6-8,19-21H,1H2,(H2,14,16,17). The fraction of sp³-hybridized carbons (Fsp3) is 0.364. The highest BCUT2D eigenvalue weighted by Crippen LogP contribution is 2.40. The average molecular weight is 332 g/mol. The summed E-state index contributed by atoms with van der Waals surface area (Å²) in [6.45, 7) is -0.460. The van der Waals surface area contributed by atoms with Crippen molar-refractivity contribution in [1.82, 2.24) is 19.5 Å². The molecule has 0 amide bonds. The van der Waals surface area contributed by atoms with Gasteiger partial charge in [0.15, 0.2) is 11.5 Å². The van der Waals surface area contributed by atoms with Crippen LogP contribution in [0, 0.1) is 0 Å². The summed E-state index contributed by atoms with van der Waals surface area (Å²) in [7, 11) is 0. The van der Waals surface area contributed by atoms with Crippen LogP contribution in [0.3, 0.4) is 0 Å². The third-order valence-corrected chi connectivity index (χ3v) is 4.10. The lowest BCUT2D eigenvalue weighted by molar-refractivity contribution is 0.0284. The normalized spacial score (nSPS) is 26.0. The van der Waals surface area contributed by atoms with Crippen LogP contribution in [0.1, 0.15) is 6.04 Å². The minimum absolute atomic E-state index is 0.0720. The third kappa shape index (κ3) is 2.07. The fourth-order valence-corrected chi connectivity index (χ4v) is 3.01. The number of hydrogen-bond acceptors (Lipinski definition) is 7. The number of fused-ring (bicyclic) bond motifs is 1. The third-order valence-electron chi connectivity index (χ3n) is 3.46. The maximum atomic E-state index is 10.2. The monoisotopic (exact) mass is 331 g/mol. The van der Waals surface area contributed by atoms with Gasteiger partial charge in [0.2, 0.25) is 5.28 Å². The molecule has 2 aromatic rings. The maximum Gasteiger partial charge on any atom is 0.226 e. The van der Waals surface area contributed by atoms with Gasteiger partial charge in [0.25, 0.3) is 0 Å². The molecule has 0 saturated heterocycles. The fourth-order valence-electron chi connectivity index (χ4n) is 2.43. The molecule has 0 bridgehead atoms. The first-order valence-corrected chi connectivity index (χ1v) is 6.72. The maximum absolute atomic E-state index is 10.2. The second-order valence-corrected chi connectivity index (χ2v) is 5.36. The first kappa shape index (κ1) is 14.5. The molecule has 21 heavy (non-hydrogen) atoms. The van der Waals surface area contributed by atoms with Crippen molar-refractivity contribution < 1.29 is 15.3 Å². The van der Waals surface area contributed by atoms with Crippen LogP contribution in [-0.2, 0) is 0 Å². The molecule has 112 valence electrons. The van der Waals surface area contributed by atoms with Crippen molar-refractivity contribution in [3.63, 3.8) is 0 Å². The lowest BCUT2D eigenvalue weighted by atomic mass is 10.1. The lowest BCUT2D eigenvalue weighted by Crippen LogP contribution is -2.30. The van der Waals surface area contributed by atoms with Crippen molar-refractivity contribution in [2.45, 2.75) is 18.2 Å². The van der Waals surface area contributed by atoms with Gasteiger partial charge in [-0.2, -0.15) is 9.97 Å². The molecule has 0 saturated carbocycles. The van der Waals surface area contributed by atoms with Crippen LogP contribution in [0.4, 0.5) is 5.82 Å². The van der Waals surface area contributed by atoms with Crippen LogP contribution in [0.5, 0.6) is 0 Å². The summed E-state index contributed by atoms with van der Waals surface area (Å²) in [5.74, 6) is 0.0965. The van der Waals surface area contributed by atoms with E-state index >= 15 is 0 Å². The summed E-state index contributed by atoms with van der Waals surface area (Å²) in [6, 6.07) is -0.834. The van der Waals surface area contributed by atoms with Crippen molar-refractivity contribution in [2.75, 3.05) is 12.3 Å². The van der Waals surface area contributed by atoms with Gasteiger partial charge in [-0.3, -0.25) is 0 Å². The zero-order valence-corrected chi connectivity index (χ0v) is 12.0. The predicted octanol–water partition coefficient (Wildman–Crippen LogP) is -0.176. The number of rotatable bonds is 2. The van der Waals surface area contributed by atoms with Crippen molar-refractivity contribution in [3.8, 4) is 0 Å². The van der Waals surface area contributed by atoms with E-state index < -0.39 is 24.9 Å². The Balaban J connectivity index is 2.19. The number of hydrogen-bond donors (Lipinski definition) is 4. The van der Waals surface area contributed by atoms with Gasteiger partial charge in [-0.25, -0.2) is 4.98 Å². The van der Waals surface area contributed by atoms with Crippen molar-refractivity contribution >= 4 is 40.2 Å². The predicted molar refractivity (Wildman–Crippen MR) is 75.8 cm³/mol. The van der Waals surface area contributed by atoms with E-state index in [-0.39, 0.29) is 27.4 Å². The van der Waals surface area contributed by atoms with Crippen LogP contribution in [0.2, 0.25) is 5.28 Å². The topological polar surface area (TPSA) is 130 Å². The van der Waals surface area contributed by atoms with E-state index in [9.17, 15) is 15.3 Å². The largest absolute Gasteiger partial charge is 0.392 e. The summed E-state index contributed by atoms with van der Waals surface area (Å²) in [5.41, 5.74) is 6.45. The quantitative estimate of drug-likeness (QED) is 0.561. The van der Waals surface area contributed by atoms with Crippen molar-refractivity contribution in [3.05, 3.63) is 22.2 Å². The number of nitrogen functional groups attached to an aromatic ring is 1. The highest BCUT2D eigenvalue weighted by Gasteiger charge is 2.42. The van der Waals surface area contributed by atoms with Gasteiger partial charge in [0.1, 0.15) is 23.8 Å². The van der Waals surface area contributed by atoms with E-state index in [1.165, 1.54) is 10.9 Å². The second-order valence-electron chi connectivity index (χ2n) is 4.61. The summed E-state index contributed by atoms with van der Waals surface area (Å²) < 4.78 is 1.44. The highest BCUT2D eigenvalue weighted by atomic mass is 35.5. The molecule has 0 spiro atoms. The van der Waals surface area contributed by atoms with E-state index in [4.69, 9.17) is 28.9 Å². The highest BCUT2D eigenvalue weighted by molar-refractivity contribution is 6.31. The Kier molecular flexibility index (Phi) is 3.50. The Morgan fingerprint density at radius 1 is 1.29 bits per heavy atom. The van der Waals surface area contributed by atoms with E-state index in [1.807, 2.05) is 0 Å². The molecular weight excluding hydrogens is 321 g/mol. The summed E-state index contributed by atoms with van der Waals surface area (Å²) in [4.78, 5) is 11.9. The molecule has 3 atom stereocenters. The molecule has 8 nitrogen and oxygen atoms in total. The summed E-state index contributed by atoms with van der Waals surface area (Å²) in [5, 5.41) is 29.4. The van der Waals surface area contributed by atoms with Crippen LogP contribution in [-0.4, -0.2) is 53.7 Å². The molecule has 2 aromatic heterocycles. The van der Waals surface area contributed by atoms with Gasteiger partial charge in [-0.1, -0.05) is 11.6 Å². The number of aromatic nitrogens is 4. The molecule has 10 heteroatoms. The number of nitrogens with zero attached hydrogens (tertiary/aromatic N) is 4. The second kappa shape index (κ2) is 5.08. The van der Waals surface area contributed by atoms with Gasteiger partial charge in [0.05, 0.1) is 12.9 Å². The van der Waals surface area contributed by atoms with Crippen molar-refractivity contribution in [2.24, 2.45) is 0 Å². The van der Waals surface area contributed by atoms with Gasteiger partial charge in [0, 0.05) is 10.6 Å². The Morgan fingerprint density at radius 3 is 2.62 bits per heavy atom. The van der Waals surface area contributed by atoms with E-state index in [0.29, 0.717) is 5.52 Å². The molecule has 1 aliphatic rings. The molecule has 0 radical (unpaired) electrons. The number of aliphatic hydroxyl groups is 3. The molecule has 1 aliphatic carbocycles. The van der Waals surface area contributed by atoms with Crippen molar-refractivity contribution in [1.29, 1.82) is 0 Å². The smallest absolute Gasteiger partial charge is 0.226 e. The lowest BCUT2D eigenvalue weighted by Gasteiger charge is -2.19. The Hall–Kier alpha value is -1.45. The molecule has 2 heterocycles. The molecule has 3 rings (SSSR count). The molecule has 5 N–H and O–H groups in total. The molecule has 0 fully saturated rings. The number of imidazole rings is 1. The minimum atomic E-state index is -1.26. The average Bonchev–Trinajstić information content (AvgIpc) is 2.91. The zero-order chi connectivity index (χ0) is 15.3. The van der Waals surface area contributed by atoms with Gasteiger partial charge in [-0.15, -0.1) is 0 Å². The summed E-state index contributed by atoms with van der Waals surface area (Å²) in [6.07, 6.45) is -1.14. The SMILES string of the molecule is Nc1nc(Cl)nc2c1ncn2C1C(Cl)=C(CO)C(O)C1O. The van der Waals surface area contributed by atoms with E-state index in [1.54, 1.807) is 0 Å². The van der Waals surface area contributed by atoms with Crippen LogP contribution in [0.15, 0.2) is 16.9 Å². The molecule has 3 unspecified atom stereocenters. The molecule has 0 aliphatic heterocycles. The van der Waals surface area contributed by atoms with Gasteiger partial charge in [-0.05, 0) is 11.6 Å². The molecular formula is C11H11Cl2N5O3. The first-order valence-electron chi connectivity index (χ1n) is 5.96. The number of aliphatic hydroxyl groups excluding tert-OH is 3. The van der Waals surface area contributed by atoms with Crippen LogP contribution in [0.25, 0.3) is 11.2 Å². The van der Waals surface area contributed by atoms with E-state index in [0.717, 1.165) is 0 Å². The first-order chi connectivity index (χ1) is 9.95. The minimum Gasteiger partial charge on any atom is -0.392 e. The Bertz CT molecular complexity index is 747. The Morgan fingerprint density at radius 2 is 2.00 bits per heavy atom. The number of nitrogens with two attached hydrogens (primary N) is 1.